The fraction of sp³-hybridized carbons (Fsp3) is 0.476. The summed E-state index contributed by atoms with van der Waals surface area (Å²) in [6, 6.07) is 4.23. The Balaban J connectivity index is 1.45. The van der Waals surface area contributed by atoms with Crippen LogP contribution in [0.4, 0.5) is 0 Å². The van der Waals surface area contributed by atoms with Gasteiger partial charge in [-0.1, -0.05) is 0 Å². The van der Waals surface area contributed by atoms with Crippen LogP contribution in [0.3, 0.4) is 0 Å². The molecule has 1 atom stereocenters. The molecule has 3 aromatic rings. The Labute approximate surface area is 154 Å². The van der Waals surface area contributed by atoms with E-state index in [9.17, 15) is 0 Å². The molecule has 1 unspecified atom stereocenters. The predicted octanol–water partition coefficient (Wildman–Crippen LogP) is 3.15. The maximum Gasteiger partial charge on any atom is 0.139 e. The smallest absolute Gasteiger partial charge is 0.139 e. The number of fused-ring (bicyclic) bond motifs is 3. The number of rotatable bonds is 2. The van der Waals surface area contributed by atoms with E-state index in [1.165, 1.54) is 41.5 Å². The van der Waals surface area contributed by atoms with E-state index in [0.717, 1.165) is 37.5 Å². The minimum atomic E-state index is 0.226. The minimum absolute atomic E-state index is 0.226. The van der Waals surface area contributed by atoms with Gasteiger partial charge in [0.1, 0.15) is 11.5 Å². The van der Waals surface area contributed by atoms with Gasteiger partial charge in [-0.05, 0) is 62.4 Å². The topological polar surface area (TPSA) is 46.8 Å². The van der Waals surface area contributed by atoms with E-state index in [2.05, 4.69) is 44.9 Å². The molecular formula is C21H25N5. The fourth-order valence-corrected chi connectivity index (χ4v) is 5.05. The maximum absolute atomic E-state index is 4.87. The zero-order chi connectivity index (χ0) is 17.7. The summed E-state index contributed by atoms with van der Waals surface area (Å²) in [7, 11) is 2.09. The van der Waals surface area contributed by atoms with Gasteiger partial charge in [0, 0.05) is 49.5 Å². The van der Waals surface area contributed by atoms with Crippen LogP contribution in [0, 0.1) is 6.92 Å². The molecular weight excluding hydrogens is 322 g/mol. The van der Waals surface area contributed by atoms with Crippen LogP contribution in [0.15, 0.2) is 30.7 Å². The molecule has 0 aromatic carbocycles. The summed E-state index contributed by atoms with van der Waals surface area (Å²) in [6.45, 7) is 5.27. The molecule has 5 nitrogen and oxygen atoms in total. The Kier molecular flexibility index (Phi) is 3.60. The van der Waals surface area contributed by atoms with Gasteiger partial charge in [0.05, 0.1) is 5.69 Å². The van der Waals surface area contributed by atoms with Crippen molar-refractivity contribution in [1.29, 1.82) is 0 Å². The third-order valence-electron chi connectivity index (χ3n) is 6.23. The van der Waals surface area contributed by atoms with Gasteiger partial charge in [0.25, 0.3) is 0 Å². The van der Waals surface area contributed by atoms with E-state index in [1.54, 1.807) is 0 Å². The lowest BCUT2D eigenvalue weighted by Crippen LogP contribution is -2.45. The summed E-state index contributed by atoms with van der Waals surface area (Å²) in [6.07, 6.45) is 11.0. The van der Waals surface area contributed by atoms with E-state index in [-0.39, 0.29) is 5.41 Å². The second kappa shape index (κ2) is 5.88. The van der Waals surface area contributed by atoms with Gasteiger partial charge in [-0.2, -0.15) is 0 Å². The molecule has 1 aliphatic carbocycles. The molecule has 1 aliphatic heterocycles. The van der Waals surface area contributed by atoms with Crippen LogP contribution in [0.2, 0.25) is 0 Å². The van der Waals surface area contributed by atoms with Crippen LogP contribution >= 0.6 is 0 Å². The first-order chi connectivity index (χ1) is 12.6. The fourth-order valence-electron chi connectivity index (χ4n) is 5.05. The van der Waals surface area contributed by atoms with Crippen molar-refractivity contribution < 1.29 is 0 Å². The lowest BCUT2D eigenvalue weighted by molar-refractivity contribution is 0.137. The van der Waals surface area contributed by atoms with Crippen molar-refractivity contribution in [3.05, 3.63) is 53.4 Å². The zero-order valence-corrected chi connectivity index (χ0v) is 15.6. The second-order valence-electron chi connectivity index (χ2n) is 8.03. The highest BCUT2D eigenvalue weighted by Crippen LogP contribution is 2.44. The Morgan fingerprint density at radius 3 is 3.08 bits per heavy atom. The first kappa shape index (κ1) is 15.9. The van der Waals surface area contributed by atoms with Crippen LogP contribution < -0.4 is 0 Å². The van der Waals surface area contributed by atoms with Crippen molar-refractivity contribution >= 4 is 11.0 Å². The minimum Gasteiger partial charge on any atom is -0.335 e. The third-order valence-corrected chi connectivity index (χ3v) is 6.23. The molecule has 1 saturated heterocycles. The Hall–Kier alpha value is -2.27. The molecule has 1 fully saturated rings. The van der Waals surface area contributed by atoms with Crippen LogP contribution in [-0.2, 0) is 25.4 Å². The third kappa shape index (κ3) is 2.45. The van der Waals surface area contributed by atoms with E-state index >= 15 is 0 Å². The molecule has 1 spiro atoms. The Bertz CT molecular complexity index is 972. The average Bonchev–Trinajstić information content (AvgIpc) is 3.14. The molecule has 26 heavy (non-hydrogen) atoms. The molecule has 4 heterocycles. The number of piperidine rings is 1. The molecule has 0 amide bonds. The van der Waals surface area contributed by atoms with Crippen LogP contribution in [0.5, 0.6) is 0 Å². The first-order valence-electron chi connectivity index (χ1n) is 9.59. The van der Waals surface area contributed by atoms with Crippen molar-refractivity contribution in [2.24, 2.45) is 7.05 Å². The number of hydrogen-bond donors (Lipinski definition) is 0. The van der Waals surface area contributed by atoms with Crippen LogP contribution in [-0.4, -0.2) is 37.5 Å². The second-order valence-corrected chi connectivity index (χ2v) is 8.03. The largest absolute Gasteiger partial charge is 0.335 e. The van der Waals surface area contributed by atoms with Crippen molar-refractivity contribution in [2.45, 2.75) is 44.6 Å². The molecule has 5 rings (SSSR count). The van der Waals surface area contributed by atoms with Gasteiger partial charge in [-0.3, -0.25) is 4.90 Å². The molecule has 5 heteroatoms. The number of nitrogens with zero attached hydrogens (tertiary/aromatic N) is 5. The van der Waals surface area contributed by atoms with Crippen molar-refractivity contribution in [3.8, 4) is 0 Å². The van der Waals surface area contributed by atoms with Crippen molar-refractivity contribution in [1.82, 2.24) is 24.4 Å². The highest BCUT2D eigenvalue weighted by molar-refractivity contribution is 5.80. The molecule has 0 N–H and O–H groups in total. The highest BCUT2D eigenvalue weighted by Gasteiger charge is 2.43. The Morgan fingerprint density at radius 1 is 1.23 bits per heavy atom. The van der Waals surface area contributed by atoms with Gasteiger partial charge in [0.2, 0.25) is 0 Å². The standard InChI is InChI=1S/C21H25N5/c1-15-23-11-16-6-8-21(19(16)24-15)7-4-10-26(14-21)13-17-12-25(2)20-18(17)5-3-9-22-20/h3,5,9,11-12H,4,6-8,10,13-14H2,1-2H3. The van der Waals surface area contributed by atoms with Gasteiger partial charge < -0.3 is 4.57 Å². The first-order valence-corrected chi connectivity index (χ1v) is 9.59. The summed E-state index contributed by atoms with van der Waals surface area (Å²) in [5.74, 6) is 0.905. The van der Waals surface area contributed by atoms with Gasteiger partial charge >= 0.3 is 0 Å². The van der Waals surface area contributed by atoms with E-state index < -0.39 is 0 Å². The van der Waals surface area contributed by atoms with Gasteiger partial charge in [-0.25, -0.2) is 15.0 Å². The number of hydrogen-bond acceptors (Lipinski definition) is 4. The lowest BCUT2D eigenvalue weighted by atomic mass is 9.77. The van der Waals surface area contributed by atoms with E-state index in [4.69, 9.17) is 4.98 Å². The number of likely N-dealkylation sites (tertiary alicyclic amines) is 1. The molecule has 0 saturated carbocycles. The van der Waals surface area contributed by atoms with E-state index in [1.807, 2.05) is 19.2 Å². The SMILES string of the molecule is Cc1ncc2c(n1)C1(CCCN(Cc3cn(C)c4ncccc34)C1)CC2. The van der Waals surface area contributed by atoms with Crippen LogP contribution in [0.25, 0.3) is 11.0 Å². The lowest BCUT2D eigenvalue weighted by Gasteiger charge is -2.40. The predicted molar refractivity (Wildman–Crippen MR) is 102 cm³/mol. The number of pyridine rings is 1. The van der Waals surface area contributed by atoms with Crippen molar-refractivity contribution in [2.75, 3.05) is 13.1 Å². The Morgan fingerprint density at radius 2 is 2.15 bits per heavy atom. The van der Waals surface area contributed by atoms with E-state index in [0.29, 0.717) is 0 Å². The molecule has 0 bridgehead atoms. The van der Waals surface area contributed by atoms with Crippen molar-refractivity contribution in [3.63, 3.8) is 0 Å². The molecule has 0 radical (unpaired) electrons. The quantitative estimate of drug-likeness (QED) is 0.714. The summed E-state index contributed by atoms with van der Waals surface area (Å²) in [4.78, 5) is 16.4. The molecule has 134 valence electrons. The molecule has 3 aromatic heterocycles. The zero-order valence-electron chi connectivity index (χ0n) is 15.6. The summed E-state index contributed by atoms with van der Waals surface area (Å²) >= 11 is 0. The normalized spacial score (nSPS) is 23.0. The van der Waals surface area contributed by atoms with Gasteiger partial charge in [0.15, 0.2) is 0 Å². The molecule has 2 aliphatic rings. The number of aryl methyl sites for hydroxylation is 3. The number of aromatic nitrogens is 4. The average molecular weight is 347 g/mol. The maximum atomic E-state index is 4.87. The summed E-state index contributed by atoms with van der Waals surface area (Å²) in [5, 5.41) is 1.28. The monoisotopic (exact) mass is 347 g/mol. The summed E-state index contributed by atoms with van der Waals surface area (Å²) < 4.78 is 2.14. The summed E-state index contributed by atoms with van der Waals surface area (Å²) in [5.41, 5.74) is 5.37. The highest BCUT2D eigenvalue weighted by atomic mass is 15.1. The van der Waals surface area contributed by atoms with Gasteiger partial charge in [-0.15, -0.1) is 0 Å². The van der Waals surface area contributed by atoms with Crippen LogP contribution in [0.1, 0.15) is 41.9 Å².